The van der Waals surface area contributed by atoms with E-state index in [9.17, 15) is 25.2 Å². The number of halogens is 6. The molecule has 0 nitrogen and oxygen atoms in total. The summed E-state index contributed by atoms with van der Waals surface area (Å²) in [5, 5.41) is 0. The van der Waals surface area contributed by atoms with Crippen LogP contribution in [0.3, 0.4) is 0 Å². The molecule has 0 saturated heterocycles. The number of hydrogen-bond donors (Lipinski definition) is 0. The second kappa shape index (κ2) is 8.64. The topological polar surface area (TPSA) is 0 Å². The van der Waals surface area contributed by atoms with E-state index in [0.717, 1.165) is 0 Å². The Morgan fingerprint density at radius 1 is 0.704 bits per heavy atom. The minimum absolute atomic E-state index is 0. The van der Waals surface area contributed by atoms with Crippen molar-refractivity contribution in [3.8, 4) is 0 Å². The van der Waals surface area contributed by atoms with E-state index < -0.39 is 7.81 Å². The van der Waals surface area contributed by atoms with Gasteiger partial charge in [0.15, 0.2) is 0 Å². The molecule has 0 atom stereocenters. The van der Waals surface area contributed by atoms with E-state index in [0.29, 0.717) is 0 Å². The van der Waals surface area contributed by atoms with Crippen LogP contribution in [0.15, 0.2) is 84.9 Å². The molecule has 0 amide bonds. The summed E-state index contributed by atoms with van der Waals surface area (Å²) in [7, 11) is -10.7. The fourth-order valence-electron chi connectivity index (χ4n) is 2.13. The van der Waals surface area contributed by atoms with Crippen LogP contribution >= 0.6 is 7.81 Å². The van der Waals surface area contributed by atoms with E-state index in [4.69, 9.17) is 0 Å². The van der Waals surface area contributed by atoms with Crippen LogP contribution in [0.5, 0.6) is 0 Å². The minimum Gasteiger partial charge on any atom is -0.748 e. The van der Waals surface area contributed by atoms with Crippen molar-refractivity contribution in [1.29, 1.82) is 0 Å². The first-order valence-electron chi connectivity index (χ1n) is 7.67. The van der Waals surface area contributed by atoms with Gasteiger partial charge >= 0.3 is 33.0 Å². The molecule has 0 N–H and O–H groups in total. The molecule has 3 aromatic carbocycles. The van der Waals surface area contributed by atoms with Crippen molar-refractivity contribution in [2.75, 3.05) is 0 Å². The van der Waals surface area contributed by atoms with Gasteiger partial charge in [-0.05, 0) is 11.0 Å². The maximum Gasteiger partial charge on any atom is 0 e. The zero-order valence-electron chi connectivity index (χ0n) is 14.7. The fraction of sp³-hybridized carbons (Fsp3) is 0.158. The number of benzene rings is 1. The van der Waals surface area contributed by atoms with Gasteiger partial charge in [-0.15, -0.1) is 5.56 Å². The van der Waals surface area contributed by atoms with Gasteiger partial charge in [-0.25, -0.2) is 12.1 Å². The summed E-state index contributed by atoms with van der Waals surface area (Å²) < 4.78 is 59.2. The zero-order chi connectivity index (χ0) is 20.0. The maximum atomic E-state index is 9.87. The van der Waals surface area contributed by atoms with Crippen LogP contribution in [0.1, 0.15) is 25.0 Å². The molecule has 0 bridgehead atoms. The minimum atomic E-state index is -10.7. The Bertz CT molecular complexity index is 717. The quantitative estimate of drug-likeness (QED) is 0.159. The van der Waals surface area contributed by atoms with Gasteiger partial charge in [0, 0.05) is 17.1 Å². The Kier molecular flexibility index (Phi) is 8.14. The van der Waals surface area contributed by atoms with Crippen LogP contribution in [0.25, 0.3) is 0 Å². The normalized spacial score (nSPS) is 13.5. The monoisotopic (exact) mass is 449 g/mol. The van der Waals surface area contributed by atoms with Crippen LogP contribution in [0.2, 0.25) is 0 Å². The third-order valence-electron chi connectivity index (χ3n) is 3.44. The average Bonchev–Trinajstić information content (AvgIpc) is 3.21. The molecule has 0 spiro atoms. The van der Waals surface area contributed by atoms with Gasteiger partial charge in [0.05, 0.1) is 0 Å². The summed E-state index contributed by atoms with van der Waals surface area (Å²) in [6, 6.07) is 29.2. The van der Waals surface area contributed by atoms with Crippen molar-refractivity contribution < 1.29 is 42.3 Å². The molecular formula is C19H20F6FeP-7. The van der Waals surface area contributed by atoms with Gasteiger partial charge in [-0.3, -0.25) is 0 Å². The molecule has 0 unspecified atom stereocenters. The fourth-order valence-corrected chi connectivity index (χ4v) is 2.13. The molecule has 0 aliphatic carbocycles. The molecule has 0 fully saturated rings. The van der Waals surface area contributed by atoms with Crippen molar-refractivity contribution in [3.05, 3.63) is 96.1 Å². The van der Waals surface area contributed by atoms with Gasteiger partial charge in [0.1, 0.15) is 0 Å². The third kappa shape index (κ3) is 13.3. The summed E-state index contributed by atoms with van der Waals surface area (Å²) in [6.45, 7) is 4.52. The molecule has 27 heavy (non-hydrogen) atoms. The van der Waals surface area contributed by atoms with Gasteiger partial charge in [-0.2, -0.15) is 12.1 Å². The molecule has 0 heterocycles. The van der Waals surface area contributed by atoms with Gasteiger partial charge < -0.3 is 30.3 Å². The second-order valence-electron chi connectivity index (χ2n) is 6.09. The van der Waals surface area contributed by atoms with E-state index >= 15 is 0 Å². The van der Waals surface area contributed by atoms with Gasteiger partial charge in [-0.1, -0.05) is 44.2 Å². The van der Waals surface area contributed by atoms with Crippen LogP contribution in [-0.4, -0.2) is 0 Å². The molecular weight excluding hydrogens is 429 g/mol. The standard InChI is InChI=1S/C14H15.C5H5.F6P.Fe/c1-14(2,13-10-6-7-11-13)12-8-4-3-5-9-12;1-2-4-5-3-1;1-7(2,3,4,5)6;/h3-11H,1-2H3;1-5H;;/q-1;-5;-1;. The summed E-state index contributed by atoms with van der Waals surface area (Å²) in [5.74, 6) is 0. The van der Waals surface area contributed by atoms with Gasteiger partial charge in [0.25, 0.3) is 0 Å². The Labute approximate surface area is 165 Å². The number of rotatable bonds is 2. The van der Waals surface area contributed by atoms with Gasteiger partial charge in [0.2, 0.25) is 0 Å². The van der Waals surface area contributed by atoms with Crippen molar-refractivity contribution in [1.82, 2.24) is 0 Å². The van der Waals surface area contributed by atoms with E-state index in [-0.39, 0.29) is 22.5 Å². The smallest absolute Gasteiger partial charge is 0 e. The Morgan fingerprint density at radius 2 is 1.04 bits per heavy atom. The largest absolute Gasteiger partial charge is 0.748 e. The average molecular weight is 449 g/mol. The molecule has 0 aliphatic heterocycles. The predicted octanol–water partition coefficient (Wildman–Crippen LogP) is 8.52. The zero-order valence-corrected chi connectivity index (χ0v) is 16.7. The molecule has 158 valence electrons. The Hall–Kier alpha value is -1.55. The molecule has 0 saturated carbocycles. The molecule has 3 aromatic rings. The summed E-state index contributed by atoms with van der Waals surface area (Å²) in [5.41, 5.74) is 2.86. The first-order chi connectivity index (χ1) is 11.7. The van der Waals surface area contributed by atoms with Crippen LogP contribution in [0, 0.1) is 0 Å². The summed E-state index contributed by atoms with van der Waals surface area (Å²) in [6.07, 6.45) is 0. The maximum absolute atomic E-state index is 10.7. The first-order valence-corrected chi connectivity index (χ1v) is 9.70. The Morgan fingerprint density at radius 3 is 1.37 bits per heavy atom. The van der Waals surface area contributed by atoms with E-state index in [1.807, 2.05) is 30.3 Å². The van der Waals surface area contributed by atoms with Crippen LogP contribution in [-0.2, 0) is 22.5 Å². The second-order valence-corrected chi connectivity index (χ2v) is 8.00. The SMILES string of the molecule is CC(C)(c1ccccc1)[c-]1cccc1.F[P-](F)(F)(F)(F)F.[Fe].[cH-]1[cH-][cH-][cH-][cH-]1. The van der Waals surface area contributed by atoms with Crippen molar-refractivity contribution in [3.63, 3.8) is 0 Å². The first kappa shape index (κ1) is 25.4. The van der Waals surface area contributed by atoms with E-state index in [1.54, 1.807) is 0 Å². The van der Waals surface area contributed by atoms with E-state index in [2.05, 4.69) is 68.4 Å². The summed E-state index contributed by atoms with van der Waals surface area (Å²) >= 11 is 0. The predicted molar refractivity (Wildman–Crippen MR) is 96.2 cm³/mol. The Balaban J connectivity index is 0.000000437. The van der Waals surface area contributed by atoms with Crippen LogP contribution < -0.4 is 0 Å². The van der Waals surface area contributed by atoms with Crippen molar-refractivity contribution >= 4 is 7.81 Å². The third-order valence-corrected chi connectivity index (χ3v) is 3.44. The molecule has 0 radical (unpaired) electrons. The van der Waals surface area contributed by atoms with Crippen molar-refractivity contribution in [2.24, 2.45) is 0 Å². The molecule has 0 aliphatic rings. The molecule has 3 rings (SSSR count). The van der Waals surface area contributed by atoms with Crippen LogP contribution in [0.4, 0.5) is 25.2 Å². The van der Waals surface area contributed by atoms with E-state index in [1.165, 1.54) is 11.1 Å². The van der Waals surface area contributed by atoms with Crippen molar-refractivity contribution in [2.45, 2.75) is 19.3 Å². The summed E-state index contributed by atoms with van der Waals surface area (Å²) in [4.78, 5) is 0. The molecule has 8 heteroatoms. The molecule has 0 aromatic heterocycles. The number of hydrogen-bond acceptors (Lipinski definition) is 0.